The van der Waals surface area contributed by atoms with Crippen molar-refractivity contribution < 1.29 is 0 Å². The Morgan fingerprint density at radius 2 is 1.95 bits per heavy atom. The molecule has 1 N–H and O–H groups in total. The highest BCUT2D eigenvalue weighted by Crippen LogP contribution is 2.35. The SMILES string of the molecule is CC(C)C1CCCC(C#N)(Nc2ccccc2)CC1. The summed E-state index contributed by atoms with van der Waals surface area (Å²) in [5.74, 6) is 1.50. The second-order valence-electron chi connectivity index (χ2n) is 6.12. The molecule has 0 saturated heterocycles. The summed E-state index contributed by atoms with van der Waals surface area (Å²) in [6.45, 7) is 4.60. The van der Waals surface area contributed by atoms with E-state index < -0.39 is 0 Å². The molecule has 2 unspecified atom stereocenters. The topological polar surface area (TPSA) is 35.8 Å². The van der Waals surface area contributed by atoms with Crippen molar-refractivity contribution in [1.82, 2.24) is 0 Å². The minimum Gasteiger partial charge on any atom is -0.367 e. The lowest BCUT2D eigenvalue weighted by Crippen LogP contribution is -2.36. The molecule has 1 aromatic rings. The first-order valence-electron chi connectivity index (χ1n) is 7.40. The van der Waals surface area contributed by atoms with Gasteiger partial charge in [-0.15, -0.1) is 0 Å². The van der Waals surface area contributed by atoms with Crippen LogP contribution in [0, 0.1) is 23.2 Å². The molecule has 1 aliphatic carbocycles. The smallest absolute Gasteiger partial charge is 0.125 e. The third-order valence-corrected chi connectivity index (χ3v) is 4.43. The summed E-state index contributed by atoms with van der Waals surface area (Å²) in [4.78, 5) is 0. The van der Waals surface area contributed by atoms with Crippen LogP contribution in [0.5, 0.6) is 0 Å². The number of nitrogens with one attached hydrogen (secondary N) is 1. The average Bonchev–Trinajstić information content (AvgIpc) is 2.63. The summed E-state index contributed by atoms with van der Waals surface area (Å²) >= 11 is 0. The van der Waals surface area contributed by atoms with Gasteiger partial charge in [0.2, 0.25) is 0 Å². The number of nitriles is 1. The molecule has 0 aromatic heterocycles. The summed E-state index contributed by atoms with van der Waals surface area (Å²) in [5.41, 5.74) is 0.692. The molecule has 1 aromatic carbocycles. The molecule has 2 nitrogen and oxygen atoms in total. The Kier molecular flexibility index (Phi) is 4.47. The summed E-state index contributed by atoms with van der Waals surface area (Å²) < 4.78 is 0. The maximum Gasteiger partial charge on any atom is 0.125 e. The number of anilines is 1. The third-order valence-electron chi connectivity index (χ3n) is 4.43. The zero-order valence-corrected chi connectivity index (χ0v) is 12.0. The van der Waals surface area contributed by atoms with Crippen LogP contribution in [0.2, 0.25) is 0 Å². The van der Waals surface area contributed by atoms with E-state index in [-0.39, 0.29) is 5.54 Å². The van der Waals surface area contributed by atoms with Gasteiger partial charge in [0.05, 0.1) is 6.07 Å². The second-order valence-corrected chi connectivity index (χ2v) is 6.12. The molecule has 0 bridgehead atoms. The quantitative estimate of drug-likeness (QED) is 0.802. The van der Waals surface area contributed by atoms with E-state index in [9.17, 15) is 5.26 Å². The van der Waals surface area contributed by atoms with Gasteiger partial charge in [-0.05, 0) is 49.7 Å². The lowest BCUT2D eigenvalue weighted by atomic mass is 9.87. The largest absolute Gasteiger partial charge is 0.367 e. The molecule has 2 rings (SSSR count). The maximum absolute atomic E-state index is 9.64. The number of hydrogen-bond donors (Lipinski definition) is 1. The van der Waals surface area contributed by atoms with Gasteiger partial charge in [0.15, 0.2) is 0 Å². The molecule has 102 valence electrons. The van der Waals surface area contributed by atoms with Crippen molar-refractivity contribution >= 4 is 5.69 Å². The molecule has 0 amide bonds. The van der Waals surface area contributed by atoms with E-state index in [2.05, 4.69) is 25.2 Å². The average molecular weight is 256 g/mol. The standard InChI is InChI=1S/C17H24N2/c1-14(2)15-7-6-11-17(13-18,12-10-15)19-16-8-4-3-5-9-16/h3-5,8-9,14-15,19H,6-7,10-12H2,1-2H3. The Hall–Kier alpha value is -1.49. The number of nitrogens with zero attached hydrogens (tertiary/aromatic N) is 1. The minimum absolute atomic E-state index is 0.370. The van der Waals surface area contributed by atoms with Crippen LogP contribution in [-0.4, -0.2) is 5.54 Å². The number of hydrogen-bond acceptors (Lipinski definition) is 2. The molecule has 0 spiro atoms. The van der Waals surface area contributed by atoms with Crippen molar-refractivity contribution in [2.75, 3.05) is 5.32 Å². The fourth-order valence-corrected chi connectivity index (χ4v) is 3.10. The molecule has 1 aliphatic rings. The molecule has 1 fully saturated rings. The molecule has 0 radical (unpaired) electrons. The zero-order chi connectivity index (χ0) is 13.7. The first-order chi connectivity index (χ1) is 9.15. The highest BCUT2D eigenvalue weighted by atomic mass is 15.0. The highest BCUT2D eigenvalue weighted by molar-refractivity contribution is 5.47. The second kappa shape index (κ2) is 6.10. The van der Waals surface area contributed by atoms with Crippen LogP contribution in [0.25, 0.3) is 0 Å². The summed E-state index contributed by atoms with van der Waals surface area (Å²) in [6, 6.07) is 12.7. The fourth-order valence-electron chi connectivity index (χ4n) is 3.10. The Morgan fingerprint density at radius 1 is 1.21 bits per heavy atom. The predicted molar refractivity (Wildman–Crippen MR) is 79.8 cm³/mol. The number of rotatable bonds is 3. The lowest BCUT2D eigenvalue weighted by molar-refractivity contribution is 0.339. The van der Waals surface area contributed by atoms with E-state index in [4.69, 9.17) is 0 Å². The Bertz CT molecular complexity index is 432. The minimum atomic E-state index is -0.370. The van der Waals surface area contributed by atoms with E-state index in [1.54, 1.807) is 0 Å². The number of benzene rings is 1. The summed E-state index contributed by atoms with van der Waals surface area (Å²) in [6.07, 6.45) is 5.49. The first kappa shape index (κ1) is 13.9. The van der Waals surface area contributed by atoms with Crippen molar-refractivity contribution in [1.29, 1.82) is 5.26 Å². The van der Waals surface area contributed by atoms with E-state index in [0.29, 0.717) is 0 Å². The third kappa shape index (κ3) is 3.50. The summed E-state index contributed by atoms with van der Waals surface area (Å²) in [5, 5.41) is 13.1. The van der Waals surface area contributed by atoms with Gasteiger partial charge in [0.25, 0.3) is 0 Å². The Balaban J connectivity index is 2.09. The van der Waals surface area contributed by atoms with E-state index >= 15 is 0 Å². The van der Waals surface area contributed by atoms with Crippen LogP contribution in [-0.2, 0) is 0 Å². The summed E-state index contributed by atoms with van der Waals surface area (Å²) in [7, 11) is 0. The first-order valence-corrected chi connectivity index (χ1v) is 7.40. The predicted octanol–water partition coefficient (Wildman–Crippen LogP) is 4.60. The van der Waals surface area contributed by atoms with Crippen LogP contribution in [0.3, 0.4) is 0 Å². The van der Waals surface area contributed by atoms with Gasteiger partial charge in [-0.3, -0.25) is 0 Å². The lowest BCUT2D eigenvalue weighted by Gasteiger charge is -2.28. The van der Waals surface area contributed by atoms with Crippen LogP contribution in [0.1, 0.15) is 46.0 Å². The van der Waals surface area contributed by atoms with Crippen LogP contribution < -0.4 is 5.32 Å². The Labute approximate surface area is 116 Å². The van der Waals surface area contributed by atoms with Crippen LogP contribution in [0.4, 0.5) is 5.69 Å². The van der Waals surface area contributed by atoms with Gasteiger partial charge in [-0.25, -0.2) is 0 Å². The van der Waals surface area contributed by atoms with Crippen molar-refractivity contribution in [3.8, 4) is 6.07 Å². The molecule has 0 heterocycles. The van der Waals surface area contributed by atoms with E-state index in [1.807, 2.05) is 30.3 Å². The van der Waals surface area contributed by atoms with Gasteiger partial charge in [0.1, 0.15) is 5.54 Å². The fraction of sp³-hybridized carbons (Fsp3) is 0.588. The molecule has 2 heteroatoms. The van der Waals surface area contributed by atoms with Gasteiger partial charge >= 0.3 is 0 Å². The van der Waals surface area contributed by atoms with Gasteiger partial charge in [-0.2, -0.15) is 5.26 Å². The number of para-hydroxylation sites is 1. The van der Waals surface area contributed by atoms with Crippen molar-refractivity contribution in [2.24, 2.45) is 11.8 Å². The molecule has 19 heavy (non-hydrogen) atoms. The van der Waals surface area contributed by atoms with Crippen molar-refractivity contribution in [2.45, 2.75) is 51.5 Å². The zero-order valence-electron chi connectivity index (χ0n) is 12.0. The Morgan fingerprint density at radius 3 is 2.58 bits per heavy atom. The monoisotopic (exact) mass is 256 g/mol. The van der Waals surface area contributed by atoms with Crippen molar-refractivity contribution in [3.05, 3.63) is 30.3 Å². The van der Waals surface area contributed by atoms with Gasteiger partial charge in [0, 0.05) is 5.69 Å². The molecule has 2 atom stereocenters. The van der Waals surface area contributed by atoms with Crippen LogP contribution in [0.15, 0.2) is 30.3 Å². The van der Waals surface area contributed by atoms with Gasteiger partial charge < -0.3 is 5.32 Å². The van der Waals surface area contributed by atoms with Gasteiger partial charge in [-0.1, -0.05) is 38.5 Å². The van der Waals surface area contributed by atoms with E-state index in [1.165, 1.54) is 6.42 Å². The normalized spacial score (nSPS) is 27.6. The molecular formula is C17H24N2. The van der Waals surface area contributed by atoms with Crippen LogP contribution >= 0.6 is 0 Å². The van der Waals surface area contributed by atoms with Crippen molar-refractivity contribution in [3.63, 3.8) is 0 Å². The molecular weight excluding hydrogens is 232 g/mol. The molecule has 0 aliphatic heterocycles. The van der Waals surface area contributed by atoms with E-state index in [0.717, 1.165) is 43.2 Å². The maximum atomic E-state index is 9.64. The highest BCUT2D eigenvalue weighted by Gasteiger charge is 2.33. The molecule has 1 saturated carbocycles.